The lowest BCUT2D eigenvalue weighted by molar-refractivity contribution is 0.0734. The number of carbonyl (C=O) groups is 1. The van der Waals surface area contributed by atoms with Crippen LogP contribution in [0.25, 0.3) is 0 Å². The van der Waals surface area contributed by atoms with Crippen LogP contribution in [0.1, 0.15) is 57.3 Å². The van der Waals surface area contributed by atoms with E-state index in [0.717, 1.165) is 36.8 Å². The molecule has 0 aliphatic carbocycles. The summed E-state index contributed by atoms with van der Waals surface area (Å²) in [6.45, 7) is 9.60. The van der Waals surface area contributed by atoms with Gasteiger partial charge < -0.3 is 18.6 Å². The predicted octanol–water partition coefficient (Wildman–Crippen LogP) is 5.71. The van der Waals surface area contributed by atoms with Crippen molar-refractivity contribution in [1.29, 1.82) is 0 Å². The normalized spacial score (nSPS) is 11.2. The molecule has 0 fully saturated rings. The minimum absolute atomic E-state index is 0.0891. The lowest BCUT2D eigenvalue weighted by Crippen LogP contribution is -2.21. The Bertz CT molecular complexity index is 751. The predicted molar refractivity (Wildman–Crippen MR) is 120 cm³/mol. The molecular weight excluding hydrogens is 396 g/mol. The summed E-state index contributed by atoms with van der Waals surface area (Å²) in [7, 11) is 0.481. The molecule has 0 unspecified atom stereocenters. The summed E-state index contributed by atoms with van der Waals surface area (Å²) in [6.07, 6.45) is 3.03. The summed E-state index contributed by atoms with van der Waals surface area (Å²) in [5.74, 6) is 1.60. The van der Waals surface area contributed by atoms with E-state index in [2.05, 4.69) is 27.7 Å². The minimum atomic E-state index is -0.401. The minimum Gasteiger partial charge on any atom is -0.494 e. The van der Waals surface area contributed by atoms with Gasteiger partial charge in [-0.3, -0.25) is 0 Å². The van der Waals surface area contributed by atoms with E-state index >= 15 is 0 Å². The van der Waals surface area contributed by atoms with Crippen molar-refractivity contribution in [3.8, 4) is 17.2 Å². The molecule has 0 heterocycles. The highest BCUT2D eigenvalue weighted by Gasteiger charge is 2.10. The molecule has 0 bridgehead atoms. The van der Waals surface area contributed by atoms with E-state index in [1.54, 1.807) is 36.4 Å². The SMILES string of the molecule is CCCCOc1ccc(OC(=O)c2ccc(OCCC[Si]OC(C)(C)C)cc2)cc1. The van der Waals surface area contributed by atoms with Crippen LogP contribution in [0.5, 0.6) is 17.2 Å². The average Bonchev–Trinajstić information content (AvgIpc) is 2.71. The topological polar surface area (TPSA) is 54.0 Å². The molecule has 2 aromatic carbocycles. The third kappa shape index (κ3) is 9.46. The van der Waals surface area contributed by atoms with Gasteiger partial charge in [-0.1, -0.05) is 13.3 Å². The summed E-state index contributed by atoms with van der Waals surface area (Å²) in [4.78, 5) is 12.3. The molecule has 0 N–H and O–H groups in total. The molecule has 2 rings (SSSR count). The second-order valence-electron chi connectivity index (χ2n) is 7.90. The van der Waals surface area contributed by atoms with Crippen molar-refractivity contribution in [3.05, 3.63) is 54.1 Å². The number of hydrogen-bond acceptors (Lipinski definition) is 5. The lowest BCUT2D eigenvalue weighted by atomic mass is 10.2. The van der Waals surface area contributed by atoms with Crippen molar-refractivity contribution in [1.82, 2.24) is 0 Å². The highest BCUT2D eigenvalue weighted by Crippen LogP contribution is 2.20. The molecule has 0 aliphatic rings. The summed E-state index contributed by atoms with van der Waals surface area (Å²) < 4.78 is 22.5. The molecule has 0 atom stereocenters. The largest absolute Gasteiger partial charge is 0.494 e. The Balaban J connectivity index is 1.73. The van der Waals surface area contributed by atoms with E-state index in [1.165, 1.54) is 0 Å². The first-order valence-electron chi connectivity index (χ1n) is 10.5. The van der Waals surface area contributed by atoms with Gasteiger partial charge in [0.15, 0.2) is 0 Å². The van der Waals surface area contributed by atoms with Crippen LogP contribution < -0.4 is 14.2 Å². The second-order valence-corrected chi connectivity index (χ2v) is 8.89. The van der Waals surface area contributed by atoms with E-state index in [0.29, 0.717) is 34.3 Å². The number of carbonyl (C=O) groups excluding carboxylic acids is 1. The Morgan fingerprint density at radius 2 is 1.37 bits per heavy atom. The first-order chi connectivity index (χ1) is 14.4. The van der Waals surface area contributed by atoms with Gasteiger partial charge in [0, 0.05) is 5.60 Å². The van der Waals surface area contributed by atoms with Gasteiger partial charge in [-0.15, -0.1) is 0 Å². The summed E-state index contributed by atoms with van der Waals surface area (Å²) in [5, 5.41) is 0. The fourth-order valence-corrected chi connectivity index (χ4v) is 3.22. The van der Waals surface area contributed by atoms with Crippen LogP contribution in [0.3, 0.4) is 0 Å². The van der Waals surface area contributed by atoms with Crippen molar-refractivity contribution in [2.24, 2.45) is 0 Å². The Labute approximate surface area is 182 Å². The molecule has 0 amide bonds. The van der Waals surface area contributed by atoms with Gasteiger partial charge in [0.1, 0.15) is 17.2 Å². The maximum Gasteiger partial charge on any atom is 0.343 e. The molecule has 162 valence electrons. The van der Waals surface area contributed by atoms with Gasteiger partial charge >= 0.3 is 5.97 Å². The number of ether oxygens (including phenoxy) is 3. The molecule has 0 aromatic heterocycles. The zero-order valence-electron chi connectivity index (χ0n) is 18.4. The Hall–Kier alpha value is -2.31. The Morgan fingerprint density at radius 3 is 1.93 bits per heavy atom. The molecule has 0 spiro atoms. The maximum absolute atomic E-state index is 12.3. The third-order valence-corrected chi connectivity index (χ3v) is 5.28. The van der Waals surface area contributed by atoms with E-state index in [9.17, 15) is 4.79 Å². The van der Waals surface area contributed by atoms with Crippen LogP contribution in [-0.4, -0.2) is 34.5 Å². The highest BCUT2D eigenvalue weighted by atomic mass is 28.2. The van der Waals surface area contributed by atoms with E-state index < -0.39 is 5.97 Å². The third-order valence-electron chi connectivity index (χ3n) is 3.96. The molecular formula is C24H32O5Si. The average molecular weight is 429 g/mol. The number of hydrogen-bond donors (Lipinski definition) is 0. The van der Waals surface area contributed by atoms with Crippen molar-refractivity contribution in [2.75, 3.05) is 13.2 Å². The molecule has 0 saturated carbocycles. The number of rotatable bonds is 12. The smallest absolute Gasteiger partial charge is 0.343 e. The van der Waals surface area contributed by atoms with Gasteiger partial charge in [-0.25, -0.2) is 4.79 Å². The van der Waals surface area contributed by atoms with Crippen LogP contribution in [-0.2, 0) is 4.43 Å². The molecule has 2 aromatic rings. The van der Waals surface area contributed by atoms with Gasteiger partial charge in [-0.2, -0.15) is 0 Å². The molecule has 6 heteroatoms. The van der Waals surface area contributed by atoms with Crippen LogP contribution in [0.15, 0.2) is 48.5 Å². The fourth-order valence-electron chi connectivity index (χ4n) is 2.39. The highest BCUT2D eigenvalue weighted by molar-refractivity contribution is 6.27. The number of unbranched alkanes of at least 4 members (excludes halogenated alkanes) is 1. The molecule has 30 heavy (non-hydrogen) atoms. The lowest BCUT2D eigenvalue weighted by Gasteiger charge is -2.19. The van der Waals surface area contributed by atoms with Crippen LogP contribution in [0.2, 0.25) is 6.04 Å². The number of esters is 1. The van der Waals surface area contributed by atoms with Crippen molar-refractivity contribution < 1.29 is 23.4 Å². The summed E-state index contributed by atoms with van der Waals surface area (Å²) in [6, 6.07) is 15.1. The summed E-state index contributed by atoms with van der Waals surface area (Å²) >= 11 is 0. The van der Waals surface area contributed by atoms with Gasteiger partial charge in [0.05, 0.1) is 18.8 Å². The van der Waals surface area contributed by atoms with Crippen LogP contribution in [0, 0.1) is 0 Å². The second kappa shape index (κ2) is 12.4. The van der Waals surface area contributed by atoms with E-state index in [1.807, 2.05) is 12.1 Å². The first-order valence-corrected chi connectivity index (χ1v) is 11.6. The van der Waals surface area contributed by atoms with Gasteiger partial charge in [0.2, 0.25) is 9.76 Å². The van der Waals surface area contributed by atoms with Gasteiger partial charge in [-0.05, 0) is 88.2 Å². The zero-order valence-corrected chi connectivity index (χ0v) is 19.4. The Kier molecular flexibility index (Phi) is 9.90. The van der Waals surface area contributed by atoms with Gasteiger partial charge in [0.25, 0.3) is 0 Å². The number of benzene rings is 2. The Morgan fingerprint density at radius 1 is 0.833 bits per heavy atom. The summed E-state index contributed by atoms with van der Waals surface area (Å²) in [5.41, 5.74) is 0.388. The molecule has 5 nitrogen and oxygen atoms in total. The van der Waals surface area contributed by atoms with Crippen LogP contribution in [0.4, 0.5) is 0 Å². The standard InChI is InChI=1S/C24H32O5Si/c1-5-6-16-26-21-12-14-22(15-13-21)28-23(25)19-8-10-20(11-9-19)27-17-7-18-30-29-24(2,3)4/h8-15H,5-7,16-18H2,1-4H3. The quantitative estimate of drug-likeness (QED) is 0.188. The molecule has 2 radical (unpaired) electrons. The van der Waals surface area contributed by atoms with Crippen molar-refractivity contribution in [3.63, 3.8) is 0 Å². The monoisotopic (exact) mass is 428 g/mol. The first kappa shape index (κ1) is 24.0. The van der Waals surface area contributed by atoms with Crippen molar-refractivity contribution in [2.45, 2.75) is 58.6 Å². The zero-order chi connectivity index (χ0) is 21.8. The maximum atomic E-state index is 12.3. The fraction of sp³-hybridized carbons (Fsp3) is 0.458. The van der Waals surface area contributed by atoms with E-state index in [-0.39, 0.29) is 5.60 Å². The van der Waals surface area contributed by atoms with Crippen molar-refractivity contribution >= 4 is 15.7 Å². The van der Waals surface area contributed by atoms with Crippen LogP contribution >= 0.6 is 0 Å². The molecule has 0 aliphatic heterocycles. The van der Waals surface area contributed by atoms with E-state index in [4.69, 9.17) is 18.6 Å². The molecule has 0 saturated heterocycles.